The lowest BCUT2D eigenvalue weighted by molar-refractivity contribution is -0.133. The van der Waals surface area contributed by atoms with Crippen molar-refractivity contribution in [2.75, 3.05) is 14.2 Å². The van der Waals surface area contributed by atoms with Gasteiger partial charge in [0.15, 0.2) is 11.5 Å². The Morgan fingerprint density at radius 3 is 2.40 bits per heavy atom. The topological polar surface area (TPSA) is 113 Å². The number of carbonyl (C=O) groups excluding carboxylic acids is 1. The highest BCUT2D eigenvalue weighted by molar-refractivity contribution is 6.35. The molecule has 0 saturated carbocycles. The second-order valence-electron chi connectivity index (χ2n) is 9.56. The van der Waals surface area contributed by atoms with Crippen LogP contribution in [0.4, 0.5) is 0 Å². The number of halogens is 2. The number of hydrogen-bond acceptors (Lipinski definition) is 8. The van der Waals surface area contributed by atoms with E-state index in [1.54, 1.807) is 79.9 Å². The molecule has 1 heterocycles. The molecule has 4 aromatic carbocycles. The summed E-state index contributed by atoms with van der Waals surface area (Å²) < 4.78 is 28.1. The summed E-state index contributed by atoms with van der Waals surface area (Å²) in [5, 5.41) is 11.0. The summed E-state index contributed by atoms with van der Waals surface area (Å²) in [6, 6.07) is 24.9. The molecule has 0 aromatic heterocycles. The average molecular weight is 617 g/mol. The molecule has 1 atom stereocenters. The summed E-state index contributed by atoms with van der Waals surface area (Å²) in [6.45, 7) is 0.196. The SMILES string of the molecule is COc1ccc(CC(=O)Oc2ccc3c(c2)OC(N)=C(C#N)C3c2ccc(OCc3ccc(Cl)cc3Cl)c(OC)c2)cc1. The van der Waals surface area contributed by atoms with Gasteiger partial charge < -0.3 is 29.4 Å². The van der Waals surface area contributed by atoms with Gasteiger partial charge in [-0.2, -0.15) is 5.26 Å². The van der Waals surface area contributed by atoms with E-state index in [0.717, 1.165) is 16.7 Å². The number of hydrogen-bond donors (Lipinski definition) is 1. The van der Waals surface area contributed by atoms with Crippen LogP contribution in [0, 0.1) is 11.3 Å². The van der Waals surface area contributed by atoms with E-state index in [1.807, 2.05) is 6.07 Å². The number of nitrogens with two attached hydrogens (primary N) is 1. The van der Waals surface area contributed by atoms with Crippen molar-refractivity contribution in [3.8, 4) is 34.8 Å². The first-order valence-corrected chi connectivity index (χ1v) is 13.8. The quantitative estimate of drug-likeness (QED) is 0.159. The summed E-state index contributed by atoms with van der Waals surface area (Å²) in [4.78, 5) is 12.6. The maximum Gasteiger partial charge on any atom is 0.315 e. The van der Waals surface area contributed by atoms with Gasteiger partial charge in [-0.3, -0.25) is 4.79 Å². The lowest BCUT2D eigenvalue weighted by atomic mass is 9.83. The highest BCUT2D eigenvalue weighted by atomic mass is 35.5. The molecule has 4 aromatic rings. The molecule has 8 nitrogen and oxygen atoms in total. The predicted molar refractivity (Wildman–Crippen MR) is 162 cm³/mol. The molecule has 5 rings (SSSR count). The number of nitrogens with zero attached hydrogens (tertiary/aromatic N) is 1. The first-order chi connectivity index (χ1) is 20.8. The highest BCUT2D eigenvalue weighted by Gasteiger charge is 2.32. The van der Waals surface area contributed by atoms with Crippen LogP contribution in [-0.2, 0) is 17.8 Å². The number of nitriles is 1. The third kappa shape index (κ3) is 6.64. The van der Waals surface area contributed by atoms with Crippen LogP contribution in [0.25, 0.3) is 0 Å². The van der Waals surface area contributed by atoms with Gasteiger partial charge in [-0.25, -0.2) is 0 Å². The van der Waals surface area contributed by atoms with Crippen molar-refractivity contribution in [1.82, 2.24) is 0 Å². The van der Waals surface area contributed by atoms with E-state index < -0.39 is 11.9 Å². The minimum atomic E-state index is -0.563. The molecule has 0 radical (unpaired) electrons. The van der Waals surface area contributed by atoms with Crippen molar-refractivity contribution in [1.29, 1.82) is 5.26 Å². The fourth-order valence-corrected chi connectivity index (χ4v) is 5.16. The molecule has 1 unspecified atom stereocenters. The Hall–Kier alpha value is -4.84. The monoisotopic (exact) mass is 616 g/mol. The number of rotatable bonds is 9. The highest BCUT2D eigenvalue weighted by Crippen LogP contribution is 2.45. The Morgan fingerprint density at radius 1 is 0.930 bits per heavy atom. The van der Waals surface area contributed by atoms with Gasteiger partial charge in [0, 0.05) is 27.2 Å². The number of methoxy groups -OCH3 is 2. The van der Waals surface area contributed by atoms with E-state index >= 15 is 0 Å². The molecule has 0 saturated heterocycles. The molecule has 0 aliphatic carbocycles. The van der Waals surface area contributed by atoms with E-state index in [9.17, 15) is 10.1 Å². The number of ether oxygens (including phenoxy) is 5. The Labute approximate surface area is 258 Å². The van der Waals surface area contributed by atoms with Crippen molar-refractivity contribution >= 4 is 29.2 Å². The Balaban J connectivity index is 1.38. The van der Waals surface area contributed by atoms with Gasteiger partial charge in [0.25, 0.3) is 0 Å². The van der Waals surface area contributed by atoms with E-state index in [1.165, 1.54) is 7.11 Å². The van der Waals surface area contributed by atoms with Crippen molar-refractivity contribution in [3.05, 3.63) is 123 Å². The van der Waals surface area contributed by atoms with Gasteiger partial charge in [-0.1, -0.05) is 53.5 Å². The minimum Gasteiger partial charge on any atom is -0.497 e. The summed E-state index contributed by atoms with van der Waals surface area (Å²) in [7, 11) is 3.11. The first-order valence-electron chi connectivity index (χ1n) is 13.1. The fraction of sp³-hybridized carbons (Fsp3) is 0.152. The summed E-state index contributed by atoms with van der Waals surface area (Å²) in [5.41, 5.74) is 9.36. The molecule has 10 heteroatoms. The van der Waals surface area contributed by atoms with Gasteiger partial charge >= 0.3 is 5.97 Å². The van der Waals surface area contributed by atoms with Crippen LogP contribution >= 0.6 is 23.2 Å². The van der Waals surface area contributed by atoms with E-state index in [0.29, 0.717) is 38.6 Å². The van der Waals surface area contributed by atoms with Crippen molar-refractivity contribution in [2.45, 2.75) is 18.9 Å². The second kappa shape index (κ2) is 13.0. The van der Waals surface area contributed by atoms with Gasteiger partial charge in [-0.15, -0.1) is 0 Å². The molecule has 0 spiro atoms. The smallest absolute Gasteiger partial charge is 0.315 e. The van der Waals surface area contributed by atoms with Crippen LogP contribution in [0.1, 0.15) is 28.2 Å². The second-order valence-corrected chi connectivity index (χ2v) is 10.4. The van der Waals surface area contributed by atoms with Crippen LogP contribution in [0.15, 0.2) is 90.3 Å². The van der Waals surface area contributed by atoms with E-state index in [4.69, 9.17) is 52.6 Å². The molecule has 2 N–H and O–H groups in total. The Bertz CT molecular complexity index is 1750. The zero-order valence-electron chi connectivity index (χ0n) is 23.2. The molecule has 218 valence electrons. The van der Waals surface area contributed by atoms with Gasteiger partial charge in [0.05, 0.1) is 26.6 Å². The van der Waals surface area contributed by atoms with Crippen LogP contribution in [-0.4, -0.2) is 20.2 Å². The maximum atomic E-state index is 12.6. The van der Waals surface area contributed by atoms with E-state index in [-0.39, 0.29) is 30.2 Å². The van der Waals surface area contributed by atoms with Crippen LogP contribution in [0.5, 0.6) is 28.7 Å². The van der Waals surface area contributed by atoms with Gasteiger partial charge in [-0.05, 0) is 53.6 Å². The predicted octanol–water partition coefficient (Wildman–Crippen LogP) is 6.96. The molecule has 1 aliphatic heterocycles. The van der Waals surface area contributed by atoms with E-state index in [2.05, 4.69) is 6.07 Å². The Kier molecular flexibility index (Phi) is 8.96. The zero-order chi connectivity index (χ0) is 30.5. The number of allylic oxidation sites excluding steroid dienone is 1. The zero-order valence-corrected chi connectivity index (χ0v) is 24.7. The van der Waals surface area contributed by atoms with Crippen LogP contribution < -0.4 is 29.4 Å². The average Bonchev–Trinajstić information content (AvgIpc) is 3.00. The Morgan fingerprint density at radius 2 is 1.70 bits per heavy atom. The molecular formula is C33H26Cl2N2O6. The van der Waals surface area contributed by atoms with Crippen molar-refractivity contribution in [2.24, 2.45) is 5.73 Å². The minimum absolute atomic E-state index is 0.0432. The molecule has 1 aliphatic rings. The lowest BCUT2D eigenvalue weighted by Gasteiger charge is -2.27. The summed E-state index contributed by atoms with van der Waals surface area (Å²) in [6.07, 6.45) is 0.0730. The first kappa shape index (κ1) is 29.6. The molecular weight excluding hydrogens is 591 g/mol. The third-order valence-corrected chi connectivity index (χ3v) is 7.44. The van der Waals surface area contributed by atoms with Crippen LogP contribution in [0.2, 0.25) is 10.0 Å². The number of carbonyl (C=O) groups is 1. The standard InChI is InChI=1S/C33H26Cl2N2O6/c1-39-23-8-3-19(4-9-23)13-31(38)42-24-10-11-25-29(16-24)43-33(37)26(17-36)32(25)20-6-12-28(30(14-20)40-2)41-18-21-5-7-22(34)15-27(21)35/h3-12,14-16,32H,13,18,37H2,1-2H3. The van der Waals surface area contributed by atoms with Crippen molar-refractivity contribution < 1.29 is 28.5 Å². The fourth-order valence-electron chi connectivity index (χ4n) is 4.70. The summed E-state index contributed by atoms with van der Waals surface area (Å²) >= 11 is 12.3. The van der Waals surface area contributed by atoms with Crippen LogP contribution in [0.3, 0.4) is 0 Å². The molecule has 0 amide bonds. The molecule has 0 fully saturated rings. The van der Waals surface area contributed by atoms with Crippen molar-refractivity contribution in [3.63, 3.8) is 0 Å². The van der Waals surface area contributed by atoms with Gasteiger partial charge in [0.1, 0.15) is 35.5 Å². The number of benzene rings is 4. The summed E-state index contributed by atoms with van der Waals surface area (Å²) in [5.74, 6) is 1.24. The molecule has 0 bridgehead atoms. The largest absolute Gasteiger partial charge is 0.497 e. The normalized spacial score (nSPS) is 13.8. The molecule has 43 heavy (non-hydrogen) atoms. The number of fused-ring (bicyclic) bond motifs is 1. The maximum absolute atomic E-state index is 12.6. The van der Waals surface area contributed by atoms with Gasteiger partial charge in [0.2, 0.25) is 5.88 Å². The lowest BCUT2D eigenvalue weighted by Crippen LogP contribution is -2.21. The number of esters is 1. The third-order valence-electron chi connectivity index (χ3n) is 6.85.